The summed E-state index contributed by atoms with van der Waals surface area (Å²) in [5, 5.41) is 1.15. The number of benzene rings is 1. The Morgan fingerprint density at radius 2 is 2.18 bits per heavy atom. The van der Waals surface area contributed by atoms with Crippen molar-refractivity contribution >= 4 is 16.9 Å². The summed E-state index contributed by atoms with van der Waals surface area (Å²) in [6, 6.07) is 8.00. The first-order valence-electron chi connectivity index (χ1n) is 5.60. The molecule has 0 aliphatic heterocycles. The summed E-state index contributed by atoms with van der Waals surface area (Å²) in [5.74, 6) is -0.245. The van der Waals surface area contributed by atoms with Crippen LogP contribution in [0, 0.1) is 0 Å². The molecule has 1 aromatic carbocycles. The molecule has 0 saturated heterocycles. The second kappa shape index (κ2) is 5.01. The van der Waals surface area contributed by atoms with E-state index in [1.807, 2.05) is 35.0 Å². The van der Waals surface area contributed by atoms with E-state index in [4.69, 9.17) is 5.73 Å². The molecule has 4 nitrogen and oxygen atoms in total. The molecule has 0 saturated carbocycles. The molecule has 1 heterocycles. The van der Waals surface area contributed by atoms with Crippen molar-refractivity contribution in [3.8, 4) is 0 Å². The van der Waals surface area contributed by atoms with Gasteiger partial charge in [0.1, 0.15) is 6.54 Å². The van der Waals surface area contributed by atoms with E-state index in [0.717, 1.165) is 17.3 Å². The van der Waals surface area contributed by atoms with Crippen LogP contribution in [0.15, 0.2) is 30.5 Å². The minimum atomic E-state index is -0.245. The first kappa shape index (κ1) is 11.7. The van der Waals surface area contributed by atoms with Crippen molar-refractivity contribution in [3.05, 3.63) is 36.0 Å². The highest BCUT2D eigenvalue weighted by Crippen LogP contribution is 2.21. The molecule has 2 N–H and O–H groups in total. The highest BCUT2D eigenvalue weighted by atomic mass is 16.5. The lowest BCUT2D eigenvalue weighted by atomic mass is 10.1. The molecule has 1 aromatic heterocycles. The van der Waals surface area contributed by atoms with Crippen LogP contribution in [0.25, 0.3) is 10.9 Å². The van der Waals surface area contributed by atoms with E-state index >= 15 is 0 Å². The molecule has 0 bridgehead atoms. The first-order valence-corrected chi connectivity index (χ1v) is 5.60. The number of nitrogens with two attached hydrogens (primary N) is 1. The third-order valence-corrected chi connectivity index (χ3v) is 2.81. The molecular formula is C13H16N2O2. The van der Waals surface area contributed by atoms with Crippen LogP contribution in [0.4, 0.5) is 0 Å². The lowest BCUT2D eigenvalue weighted by Gasteiger charge is -2.02. The molecule has 0 spiro atoms. The third-order valence-electron chi connectivity index (χ3n) is 2.81. The number of fused-ring (bicyclic) bond motifs is 1. The average Bonchev–Trinajstić information content (AvgIpc) is 2.69. The Bertz CT molecular complexity index is 531. The Hall–Kier alpha value is -1.81. The van der Waals surface area contributed by atoms with Gasteiger partial charge in [-0.3, -0.25) is 4.79 Å². The fourth-order valence-corrected chi connectivity index (χ4v) is 2.01. The summed E-state index contributed by atoms with van der Waals surface area (Å²) in [5.41, 5.74) is 7.80. The van der Waals surface area contributed by atoms with E-state index in [9.17, 15) is 4.79 Å². The van der Waals surface area contributed by atoms with Crippen LogP contribution in [-0.2, 0) is 22.5 Å². The fourth-order valence-electron chi connectivity index (χ4n) is 2.01. The van der Waals surface area contributed by atoms with E-state index in [1.165, 1.54) is 12.7 Å². The molecule has 0 aliphatic rings. The van der Waals surface area contributed by atoms with E-state index in [0.29, 0.717) is 6.54 Å². The maximum absolute atomic E-state index is 11.3. The number of aromatic nitrogens is 1. The monoisotopic (exact) mass is 232 g/mol. The van der Waals surface area contributed by atoms with Gasteiger partial charge in [-0.2, -0.15) is 0 Å². The number of carbonyl (C=O) groups excluding carboxylic acids is 1. The van der Waals surface area contributed by atoms with Crippen molar-refractivity contribution in [1.82, 2.24) is 4.57 Å². The first-order chi connectivity index (χ1) is 8.26. The summed E-state index contributed by atoms with van der Waals surface area (Å²) in [6.45, 7) is 0.841. The van der Waals surface area contributed by atoms with E-state index in [2.05, 4.69) is 4.74 Å². The Morgan fingerprint density at radius 3 is 2.88 bits per heavy atom. The van der Waals surface area contributed by atoms with Gasteiger partial charge in [0, 0.05) is 17.1 Å². The summed E-state index contributed by atoms with van der Waals surface area (Å²) in [6.07, 6.45) is 2.79. The average molecular weight is 232 g/mol. The largest absolute Gasteiger partial charge is 0.468 e. The maximum Gasteiger partial charge on any atom is 0.325 e. The van der Waals surface area contributed by atoms with Gasteiger partial charge in [0.2, 0.25) is 0 Å². The molecule has 90 valence electrons. The van der Waals surface area contributed by atoms with Crippen molar-refractivity contribution in [2.24, 2.45) is 5.73 Å². The summed E-state index contributed by atoms with van der Waals surface area (Å²) in [7, 11) is 1.40. The standard InChI is InChI=1S/C13H16N2O2/c1-17-13(16)9-15-8-10(6-7-14)11-4-2-3-5-12(11)15/h2-5,8H,6-7,9,14H2,1H3. The van der Waals surface area contributed by atoms with Gasteiger partial charge in [0.25, 0.3) is 0 Å². The summed E-state index contributed by atoms with van der Waals surface area (Å²) in [4.78, 5) is 11.3. The van der Waals surface area contributed by atoms with Crippen molar-refractivity contribution in [3.63, 3.8) is 0 Å². The van der Waals surface area contributed by atoms with Crippen LogP contribution in [0.1, 0.15) is 5.56 Å². The Balaban J connectivity index is 2.44. The number of carbonyl (C=O) groups is 1. The van der Waals surface area contributed by atoms with Crippen LogP contribution < -0.4 is 5.73 Å². The topological polar surface area (TPSA) is 57.2 Å². The number of rotatable bonds is 4. The number of esters is 1. The molecule has 4 heteroatoms. The lowest BCUT2D eigenvalue weighted by Crippen LogP contribution is -2.10. The second-order valence-corrected chi connectivity index (χ2v) is 3.91. The predicted octanol–water partition coefficient (Wildman–Crippen LogP) is 1.32. The maximum atomic E-state index is 11.3. The fraction of sp³-hybridized carbons (Fsp3) is 0.308. The minimum Gasteiger partial charge on any atom is -0.468 e. The molecule has 0 aliphatic carbocycles. The zero-order chi connectivity index (χ0) is 12.3. The lowest BCUT2D eigenvalue weighted by molar-refractivity contribution is -0.141. The van der Waals surface area contributed by atoms with E-state index in [-0.39, 0.29) is 12.5 Å². The summed E-state index contributed by atoms with van der Waals surface area (Å²) >= 11 is 0. The molecule has 17 heavy (non-hydrogen) atoms. The highest BCUT2D eigenvalue weighted by molar-refractivity contribution is 5.85. The zero-order valence-electron chi connectivity index (χ0n) is 9.85. The molecule has 0 atom stereocenters. The number of hydrogen-bond acceptors (Lipinski definition) is 3. The van der Waals surface area contributed by atoms with Gasteiger partial charge in [-0.05, 0) is 24.6 Å². The number of ether oxygens (including phenoxy) is 1. The van der Waals surface area contributed by atoms with Gasteiger partial charge in [0.05, 0.1) is 7.11 Å². The Morgan fingerprint density at radius 1 is 1.41 bits per heavy atom. The van der Waals surface area contributed by atoms with Gasteiger partial charge in [-0.25, -0.2) is 0 Å². The number of hydrogen-bond donors (Lipinski definition) is 1. The highest BCUT2D eigenvalue weighted by Gasteiger charge is 2.10. The van der Waals surface area contributed by atoms with Crippen LogP contribution >= 0.6 is 0 Å². The van der Waals surface area contributed by atoms with E-state index < -0.39 is 0 Å². The summed E-state index contributed by atoms with van der Waals surface area (Å²) < 4.78 is 6.60. The van der Waals surface area contributed by atoms with E-state index in [1.54, 1.807) is 0 Å². The van der Waals surface area contributed by atoms with Gasteiger partial charge in [-0.15, -0.1) is 0 Å². The smallest absolute Gasteiger partial charge is 0.325 e. The van der Waals surface area contributed by atoms with Crippen LogP contribution in [0.2, 0.25) is 0 Å². The molecule has 2 rings (SSSR count). The van der Waals surface area contributed by atoms with Crippen molar-refractivity contribution in [2.75, 3.05) is 13.7 Å². The third kappa shape index (κ3) is 2.31. The minimum absolute atomic E-state index is 0.238. The Labute approximate surface area is 100.0 Å². The van der Waals surface area contributed by atoms with Crippen molar-refractivity contribution in [1.29, 1.82) is 0 Å². The SMILES string of the molecule is COC(=O)Cn1cc(CCN)c2ccccc21. The molecular weight excluding hydrogens is 216 g/mol. The zero-order valence-corrected chi connectivity index (χ0v) is 9.85. The van der Waals surface area contributed by atoms with Crippen LogP contribution in [0.5, 0.6) is 0 Å². The molecule has 2 aromatic rings. The van der Waals surface area contributed by atoms with Crippen LogP contribution in [-0.4, -0.2) is 24.2 Å². The molecule has 0 amide bonds. The predicted molar refractivity (Wildman–Crippen MR) is 66.7 cm³/mol. The normalized spacial score (nSPS) is 10.7. The number of methoxy groups -OCH3 is 1. The number of nitrogens with zero attached hydrogens (tertiary/aromatic N) is 1. The van der Waals surface area contributed by atoms with Gasteiger partial charge >= 0.3 is 5.97 Å². The van der Waals surface area contributed by atoms with Gasteiger partial charge in [-0.1, -0.05) is 18.2 Å². The van der Waals surface area contributed by atoms with Crippen molar-refractivity contribution in [2.45, 2.75) is 13.0 Å². The molecule has 0 radical (unpaired) electrons. The van der Waals surface area contributed by atoms with Crippen molar-refractivity contribution < 1.29 is 9.53 Å². The van der Waals surface area contributed by atoms with Gasteiger partial charge < -0.3 is 15.0 Å². The number of para-hydroxylation sites is 1. The van der Waals surface area contributed by atoms with Gasteiger partial charge in [0.15, 0.2) is 0 Å². The molecule has 0 fully saturated rings. The molecule has 0 unspecified atom stereocenters. The Kier molecular flexibility index (Phi) is 3.44. The van der Waals surface area contributed by atoms with Crippen LogP contribution in [0.3, 0.4) is 0 Å². The second-order valence-electron chi connectivity index (χ2n) is 3.91. The quantitative estimate of drug-likeness (QED) is 0.809.